The van der Waals surface area contributed by atoms with Gasteiger partial charge in [-0.2, -0.15) is 0 Å². The average Bonchev–Trinajstić information content (AvgIpc) is 2.67. The Morgan fingerprint density at radius 2 is 1.62 bits per heavy atom. The molecule has 1 fully saturated rings. The first-order valence-corrected chi connectivity index (χ1v) is 8.40. The minimum atomic E-state index is 0.549. The number of anilines is 3. The quantitative estimate of drug-likeness (QED) is 0.841. The normalized spacial score (nSPS) is 14.1. The number of benzene rings is 1. The highest BCUT2D eigenvalue weighted by atomic mass is 16.5. The Balaban J connectivity index is 1.89. The molecule has 0 bridgehead atoms. The molecular formula is C18H24N4O4. The summed E-state index contributed by atoms with van der Waals surface area (Å²) < 4.78 is 21.6. The van der Waals surface area contributed by atoms with Crippen molar-refractivity contribution in [3.05, 3.63) is 24.0 Å². The number of morpholine rings is 1. The smallest absolute Gasteiger partial charge is 0.203 e. The van der Waals surface area contributed by atoms with Gasteiger partial charge in [0.15, 0.2) is 11.5 Å². The molecule has 0 atom stereocenters. The molecule has 0 radical (unpaired) electrons. The van der Waals surface area contributed by atoms with Gasteiger partial charge in [0.05, 0.1) is 34.5 Å². The van der Waals surface area contributed by atoms with Gasteiger partial charge in [-0.25, -0.2) is 9.97 Å². The number of rotatable bonds is 6. The predicted octanol–water partition coefficient (Wildman–Crippen LogP) is 2.39. The van der Waals surface area contributed by atoms with E-state index in [1.54, 1.807) is 21.3 Å². The van der Waals surface area contributed by atoms with Crippen molar-refractivity contribution in [3.63, 3.8) is 0 Å². The van der Waals surface area contributed by atoms with Gasteiger partial charge in [-0.15, -0.1) is 0 Å². The van der Waals surface area contributed by atoms with Crippen LogP contribution in [0, 0.1) is 6.92 Å². The molecule has 1 saturated heterocycles. The standard InChI is InChI=1S/C18H24N4O4/c1-12-19-16(11-17(20-12)22-5-7-26-8-6-22)21-13-9-14(23-2)18(25-4)15(10-13)24-3/h9-11H,5-8H2,1-4H3,(H,19,20,21). The molecule has 0 amide bonds. The van der Waals surface area contributed by atoms with Crippen LogP contribution in [0.1, 0.15) is 5.82 Å². The van der Waals surface area contributed by atoms with Crippen molar-refractivity contribution < 1.29 is 18.9 Å². The molecule has 8 heteroatoms. The van der Waals surface area contributed by atoms with Gasteiger partial charge < -0.3 is 29.2 Å². The Hall–Kier alpha value is -2.74. The summed E-state index contributed by atoms with van der Waals surface area (Å²) in [5.74, 6) is 3.99. The minimum absolute atomic E-state index is 0.549. The molecular weight excluding hydrogens is 336 g/mol. The Morgan fingerprint density at radius 1 is 0.962 bits per heavy atom. The highest BCUT2D eigenvalue weighted by Crippen LogP contribution is 2.40. The van der Waals surface area contributed by atoms with Crippen LogP contribution in [0.4, 0.5) is 17.3 Å². The second kappa shape index (κ2) is 8.09. The topological polar surface area (TPSA) is 78.0 Å². The molecule has 1 aromatic carbocycles. The van der Waals surface area contributed by atoms with Gasteiger partial charge >= 0.3 is 0 Å². The third-order valence-corrected chi connectivity index (χ3v) is 4.10. The fraction of sp³-hybridized carbons (Fsp3) is 0.444. The molecule has 0 aliphatic carbocycles. The van der Waals surface area contributed by atoms with E-state index in [9.17, 15) is 0 Å². The Morgan fingerprint density at radius 3 is 2.19 bits per heavy atom. The summed E-state index contributed by atoms with van der Waals surface area (Å²) in [4.78, 5) is 11.2. The lowest BCUT2D eigenvalue weighted by molar-refractivity contribution is 0.122. The maximum atomic E-state index is 5.41. The molecule has 8 nitrogen and oxygen atoms in total. The molecule has 3 rings (SSSR count). The van der Waals surface area contributed by atoms with Crippen LogP contribution in [-0.4, -0.2) is 57.6 Å². The highest BCUT2D eigenvalue weighted by molar-refractivity contribution is 5.67. The van der Waals surface area contributed by atoms with E-state index in [1.807, 2.05) is 25.1 Å². The van der Waals surface area contributed by atoms with E-state index in [2.05, 4.69) is 20.2 Å². The molecule has 26 heavy (non-hydrogen) atoms. The van der Waals surface area contributed by atoms with Crippen molar-refractivity contribution in [1.29, 1.82) is 0 Å². The molecule has 1 aromatic heterocycles. The zero-order chi connectivity index (χ0) is 18.5. The number of ether oxygens (including phenoxy) is 4. The summed E-state index contributed by atoms with van der Waals surface area (Å²) in [7, 11) is 4.76. The van der Waals surface area contributed by atoms with E-state index in [0.29, 0.717) is 42.1 Å². The first-order chi connectivity index (χ1) is 12.6. The predicted molar refractivity (Wildman–Crippen MR) is 99.2 cm³/mol. The summed E-state index contributed by atoms with van der Waals surface area (Å²) in [6, 6.07) is 5.61. The monoisotopic (exact) mass is 360 g/mol. The van der Waals surface area contributed by atoms with E-state index >= 15 is 0 Å². The molecule has 1 N–H and O–H groups in total. The van der Waals surface area contributed by atoms with Crippen LogP contribution in [0.25, 0.3) is 0 Å². The van der Waals surface area contributed by atoms with Crippen molar-refractivity contribution in [2.45, 2.75) is 6.92 Å². The van der Waals surface area contributed by atoms with Crippen LogP contribution < -0.4 is 24.4 Å². The molecule has 140 valence electrons. The van der Waals surface area contributed by atoms with Crippen molar-refractivity contribution in [1.82, 2.24) is 9.97 Å². The third-order valence-electron chi connectivity index (χ3n) is 4.10. The Labute approximate surface area is 153 Å². The molecule has 1 aliphatic heterocycles. The maximum Gasteiger partial charge on any atom is 0.203 e. The molecule has 2 heterocycles. The van der Waals surface area contributed by atoms with Gasteiger partial charge in [0.1, 0.15) is 17.5 Å². The van der Waals surface area contributed by atoms with Crippen LogP contribution in [0.2, 0.25) is 0 Å². The number of nitrogens with one attached hydrogen (secondary N) is 1. The molecule has 0 spiro atoms. The number of nitrogens with zero attached hydrogens (tertiary/aromatic N) is 3. The second-order valence-corrected chi connectivity index (χ2v) is 5.80. The Kier molecular flexibility index (Phi) is 5.62. The SMILES string of the molecule is COc1cc(Nc2cc(N3CCOCC3)nc(C)n2)cc(OC)c1OC. The lowest BCUT2D eigenvalue weighted by Gasteiger charge is -2.28. The molecule has 1 aliphatic rings. The van der Waals surface area contributed by atoms with Crippen LogP contribution in [0.5, 0.6) is 17.2 Å². The summed E-state index contributed by atoms with van der Waals surface area (Å²) >= 11 is 0. The number of aryl methyl sites for hydroxylation is 1. The van der Waals surface area contributed by atoms with Gasteiger partial charge in [-0.05, 0) is 6.92 Å². The van der Waals surface area contributed by atoms with E-state index in [0.717, 1.165) is 24.6 Å². The third kappa shape index (κ3) is 3.91. The van der Waals surface area contributed by atoms with E-state index in [1.165, 1.54) is 0 Å². The number of hydrogen-bond donors (Lipinski definition) is 1. The summed E-state index contributed by atoms with van der Waals surface area (Å²) in [6.07, 6.45) is 0. The zero-order valence-electron chi connectivity index (χ0n) is 15.5. The summed E-state index contributed by atoms with van der Waals surface area (Å²) in [5.41, 5.74) is 0.783. The Bertz CT molecular complexity index is 738. The second-order valence-electron chi connectivity index (χ2n) is 5.80. The van der Waals surface area contributed by atoms with Gasteiger partial charge in [0.25, 0.3) is 0 Å². The average molecular weight is 360 g/mol. The van der Waals surface area contributed by atoms with Gasteiger partial charge in [-0.1, -0.05) is 0 Å². The molecule has 0 saturated carbocycles. The highest BCUT2D eigenvalue weighted by Gasteiger charge is 2.16. The number of hydrogen-bond acceptors (Lipinski definition) is 8. The van der Waals surface area contributed by atoms with Crippen LogP contribution in [-0.2, 0) is 4.74 Å². The van der Waals surface area contributed by atoms with E-state index in [-0.39, 0.29) is 0 Å². The lowest BCUT2D eigenvalue weighted by atomic mass is 10.2. The van der Waals surface area contributed by atoms with Crippen molar-refractivity contribution in [3.8, 4) is 17.2 Å². The van der Waals surface area contributed by atoms with E-state index < -0.39 is 0 Å². The van der Waals surface area contributed by atoms with Crippen LogP contribution >= 0.6 is 0 Å². The summed E-state index contributed by atoms with van der Waals surface area (Å²) in [5, 5.41) is 3.30. The van der Waals surface area contributed by atoms with Crippen molar-refractivity contribution in [2.75, 3.05) is 57.8 Å². The number of aromatic nitrogens is 2. The largest absolute Gasteiger partial charge is 0.493 e. The zero-order valence-corrected chi connectivity index (χ0v) is 15.5. The van der Waals surface area contributed by atoms with Crippen molar-refractivity contribution in [2.24, 2.45) is 0 Å². The molecule has 0 unspecified atom stereocenters. The maximum absolute atomic E-state index is 5.41. The van der Waals surface area contributed by atoms with Crippen LogP contribution in [0.15, 0.2) is 18.2 Å². The summed E-state index contributed by atoms with van der Waals surface area (Å²) in [6.45, 7) is 4.93. The first-order valence-electron chi connectivity index (χ1n) is 8.40. The van der Waals surface area contributed by atoms with E-state index in [4.69, 9.17) is 18.9 Å². The fourth-order valence-electron chi connectivity index (χ4n) is 2.87. The van der Waals surface area contributed by atoms with Gasteiger partial charge in [-0.3, -0.25) is 0 Å². The minimum Gasteiger partial charge on any atom is -0.493 e. The van der Waals surface area contributed by atoms with Gasteiger partial charge in [0, 0.05) is 37.0 Å². The number of methoxy groups -OCH3 is 3. The lowest BCUT2D eigenvalue weighted by Crippen LogP contribution is -2.36. The first kappa shape index (κ1) is 18.1. The van der Waals surface area contributed by atoms with Gasteiger partial charge in [0.2, 0.25) is 5.75 Å². The fourth-order valence-corrected chi connectivity index (χ4v) is 2.87. The van der Waals surface area contributed by atoms with Crippen molar-refractivity contribution >= 4 is 17.3 Å². The van der Waals surface area contributed by atoms with Crippen LogP contribution in [0.3, 0.4) is 0 Å². The molecule has 2 aromatic rings.